The predicted molar refractivity (Wildman–Crippen MR) is 116 cm³/mol. The number of thioether (sulfide) groups is 1. The first-order valence-electron chi connectivity index (χ1n) is 8.93. The Morgan fingerprint density at radius 3 is 2.47 bits per heavy atom. The van der Waals surface area contributed by atoms with Crippen LogP contribution in [0.3, 0.4) is 0 Å². The summed E-state index contributed by atoms with van der Waals surface area (Å²) < 4.78 is 4.92. The van der Waals surface area contributed by atoms with Crippen LogP contribution in [-0.2, 0) is 9.53 Å². The van der Waals surface area contributed by atoms with Crippen LogP contribution in [0.1, 0.15) is 27.0 Å². The number of rotatable bonds is 8. The lowest BCUT2D eigenvalue weighted by atomic mass is 10.2. The van der Waals surface area contributed by atoms with Crippen molar-refractivity contribution in [1.82, 2.24) is 10.2 Å². The number of aromatic nitrogens is 2. The van der Waals surface area contributed by atoms with Gasteiger partial charge in [0.05, 0.1) is 22.8 Å². The van der Waals surface area contributed by atoms with Gasteiger partial charge in [0.25, 0.3) is 5.91 Å². The molecule has 30 heavy (non-hydrogen) atoms. The number of hydrogen-bond donors (Lipinski definition) is 2. The first kappa shape index (κ1) is 21.5. The number of thiophene rings is 1. The van der Waals surface area contributed by atoms with Crippen molar-refractivity contribution >= 4 is 52.4 Å². The zero-order chi connectivity index (χ0) is 21.3. The fraction of sp³-hybridized carbons (Fsp3) is 0.150. The van der Waals surface area contributed by atoms with Crippen LogP contribution in [-0.4, -0.2) is 40.3 Å². The third-order valence-electron chi connectivity index (χ3n) is 3.66. The summed E-state index contributed by atoms with van der Waals surface area (Å²) in [5, 5.41) is 15.8. The minimum Gasteiger partial charge on any atom is -0.462 e. The van der Waals surface area contributed by atoms with Crippen molar-refractivity contribution in [2.24, 2.45) is 0 Å². The maximum Gasteiger partial charge on any atom is 0.338 e. The van der Waals surface area contributed by atoms with Gasteiger partial charge in [0, 0.05) is 5.69 Å². The normalized spacial score (nSPS) is 10.3. The van der Waals surface area contributed by atoms with E-state index in [4.69, 9.17) is 4.74 Å². The lowest BCUT2D eigenvalue weighted by molar-refractivity contribution is -0.113. The Hall–Kier alpha value is -3.24. The quantitative estimate of drug-likeness (QED) is 0.404. The molecule has 2 aromatic heterocycles. The molecule has 0 fully saturated rings. The molecule has 3 aromatic rings. The molecule has 10 heteroatoms. The average molecular weight is 443 g/mol. The van der Waals surface area contributed by atoms with Crippen LogP contribution in [0.15, 0.2) is 58.9 Å². The van der Waals surface area contributed by atoms with Crippen molar-refractivity contribution in [2.75, 3.05) is 23.0 Å². The molecular formula is C20H18N4O4S2. The van der Waals surface area contributed by atoms with Gasteiger partial charge in [-0.25, -0.2) is 4.79 Å². The zero-order valence-corrected chi connectivity index (χ0v) is 17.6. The number of nitrogens with one attached hydrogen (secondary N) is 2. The van der Waals surface area contributed by atoms with Crippen molar-refractivity contribution in [3.05, 3.63) is 64.4 Å². The standard InChI is InChI=1S/C20H18N4O4S2/c1-2-28-20(27)13-5-7-14(8-6-13)21-17(25)12-30-18-10-9-16(23-24-18)22-19(26)15-4-3-11-29-15/h3-11H,2,12H2,1H3,(H,21,25)(H,22,23,26). The summed E-state index contributed by atoms with van der Waals surface area (Å²) in [6, 6.07) is 13.3. The van der Waals surface area contributed by atoms with Crippen molar-refractivity contribution in [1.29, 1.82) is 0 Å². The molecule has 0 saturated heterocycles. The summed E-state index contributed by atoms with van der Waals surface area (Å²) in [4.78, 5) is 36.3. The number of benzene rings is 1. The maximum absolute atomic E-state index is 12.1. The van der Waals surface area contributed by atoms with Crippen LogP contribution in [0.5, 0.6) is 0 Å². The number of ether oxygens (including phenoxy) is 1. The van der Waals surface area contributed by atoms with Crippen molar-refractivity contribution < 1.29 is 19.1 Å². The van der Waals surface area contributed by atoms with Crippen molar-refractivity contribution in [2.45, 2.75) is 11.9 Å². The topological polar surface area (TPSA) is 110 Å². The number of amides is 2. The molecule has 3 rings (SSSR count). The molecule has 2 amide bonds. The molecule has 0 aliphatic rings. The van der Waals surface area contributed by atoms with Gasteiger partial charge >= 0.3 is 5.97 Å². The van der Waals surface area contributed by atoms with Crippen LogP contribution in [0, 0.1) is 0 Å². The van der Waals surface area contributed by atoms with E-state index >= 15 is 0 Å². The Balaban J connectivity index is 1.46. The molecule has 2 N–H and O–H groups in total. The van der Waals surface area contributed by atoms with E-state index in [1.807, 2.05) is 5.38 Å². The molecule has 0 aliphatic heterocycles. The molecule has 1 aromatic carbocycles. The zero-order valence-electron chi connectivity index (χ0n) is 16.0. The third kappa shape index (κ3) is 6.13. The highest BCUT2D eigenvalue weighted by atomic mass is 32.2. The Bertz CT molecular complexity index is 1010. The molecule has 0 spiro atoms. The van der Waals surface area contributed by atoms with Gasteiger partial charge in [-0.2, -0.15) is 0 Å². The van der Waals surface area contributed by atoms with E-state index in [1.54, 1.807) is 55.5 Å². The Morgan fingerprint density at radius 1 is 1.03 bits per heavy atom. The van der Waals surface area contributed by atoms with Crippen molar-refractivity contribution in [3.8, 4) is 0 Å². The largest absolute Gasteiger partial charge is 0.462 e. The van der Waals surface area contributed by atoms with Gasteiger partial charge in [-0.05, 0) is 54.8 Å². The number of nitrogens with zero attached hydrogens (tertiary/aromatic N) is 2. The van der Waals surface area contributed by atoms with Crippen LogP contribution < -0.4 is 10.6 Å². The van der Waals surface area contributed by atoms with Crippen LogP contribution in [0.25, 0.3) is 0 Å². The molecule has 0 unspecified atom stereocenters. The molecular weight excluding hydrogens is 424 g/mol. The molecule has 0 bridgehead atoms. The van der Waals surface area contributed by atoms with Gasteiger partial charge in [0.15, 0.2) is 5.82 Å². The molecule has 154 valence electrons. The van der Waals surface area contributed by atoms with E-state index in [9.17, 15) is 14.4 Å². The van der Waals surface area contributed by atoms with Crippen LogP contribution >= 0.6 is 23.1 Å². The van der Waals surface area contributed by atoms with E-state index in [2.05, 4.69) is 20.8 Å². The first-order valence-corrected chi connectivity index (χ1v) is 10.8. The van der Waals surface area contributed by atoms with Crippen LogP contribution in [0.4, 0.5) is 11.5 Å². The third-order valence-corrected chi connectivity index (χ3v) is 5.45. The lowest BCUT2D eigenvalue weighted by Gasteiger charge is -2.07. The van der Waals surface area contributed by atoms with Gasteiger partial charge in [-0.15, -0.1) is 21.5 Å². The van der Waals surface area contributed by atoms with Gasteiger partial charge in [0.1, 0.15) is 5.03 Å². The Kier molecular flexibility index (Phi) is 7.52. The second-order valence-corrected chi connectivity index (χ2v) is 7.77. The highest BCUT2D eigenvalue weighted by Crippen LogP contribution is 2.18. The summed E-state index contributed by atoms with van der Waals surface area (Å²) in [6.45, 7) is 2.04. The summed E-state index contributed by atoms with van der Waals surface area (Å²) >= 11 is 2.56. The second-order valence-electron chi connectivity index (χ2n) is 5.82. The first-order chi connectivity index (χ1) is 14.5. The summed E-state index contributed by atoms with van der Waals surface area (Å²) in [7, 11) is 0. The van der Waals surface area contributed by atoms with E-state index in [0.29, 0.717) is 33.6 Å². The summed E-state index contributed by atoms with van der Waals surface area (Å²) in [5.41, 5.74) is 0.997. The number of carbonyl (C=O) groups excluding carboxylic acids is 3. The number of esters is 1. The fourth-order valence-electron chi connectivity index (χ4n) is 2.29. The highest BCUT2D eigenvalue weighted by Gasteiger charge is 2.10. The molecule has 0 atom stereocenters. The SMILES string of the molecule is CCOC(=O)c1ccc(NC(=O)CSc2ccc(NC(=O)c3cccs3)nn2)cc1. The van der Waals surface area contributed by atoms with Gasteiger partial charge in [-0.3, -0.25) is 9.59 Å². The van der Waals surface area contributed by atoms with Gasteiger partial charge in [-0.1, -0.05) is 17.8 Å². The molecule has 0 saturated carbocycles. The molecule has 2 heterocycles. The summed E-state index contributed by atoms with van der Waals surface area (Å²) in [5.74, 6) is -0.396. The molecule has 0 aliphatic carbocycles. The minimum absolute atomic E-state index is 0.134. The van der Waals surface area contributed by atoms with Crippen LogP contribution in [0.2, 0.25) is 0 Å². The minimum atomic E-state index is -0.403. The predicted octanol–water partition coefficient (Wildman–Crippen LogP) is 3.70. The smallest absolute Gasteiger partial charge is 0.338 e. The van der Waals surface area contributed by atoms with E-state index in [-0.39, 0.29) is 17.6 Å². The van der Waals surface area contributed by atoms with Gasteiger partial charge in [0.2, 0.25) is 5.91 Å². The van der Waals surface area contributed by atoms with Gasteiger partial charge < -0.3 is 15.4 Å². The Labute approximate surface area is 181 Å². The summed E-state index contributed by atoms with van der Waals surface area (Å²) in [6.07, 6.45) is 0. The van der Waals surface area contributed by atoms with E-state index < -0.39 is 5.97 Å². The monoisotopic (exact) mass is 442 g/mol. The highest BCUT2D eigenvalue weighted by molar-refractivity contribution is 7.99. The number of carbonyl (C=O) groups is 3. The van der Waals surface area contributed by atoms with Crippen molar-refractivity contribution in [3.63, 3.8) is 0 Å². The Morgan fingerprint density at radius 2 is 1.83 bits per heavy atom. The average Bonchev–Trinajstić information content (AvgIpc) is 3.29. The number of hydrogen-bond acceptors (Lipinski definition) is 8. The maximum atomic E-state index is 12.1. The lowest BCUT2D eigenvalue weighted by Crippen LogP contribution is -2.14. The fourth-order valence-corrected chi connectivity index (χ4v) is 3.52. The number of anilines is 2. The van der Waals surface area contributed by atoms with E-state index in [1.165, 1.54) is 23.1 Å². The second kappa shape index (κ2) is 10.5. The van der Waals surface area contributed by atoms with E-state index in [0.717, 1.165) is 0 Å². The molecule has 8 nitrogen and oxygen atoms in total. The molecule has 0 radical (unpaired) electrons.